The second-order valence-electron chi connectivity index (χ2n) is 5.83. The first-order valence-corrected chi connectivity index (χ1v) is 8.51. The van der Waals surface area contributed by atoms with E-state index < -0.39 is 30.0 Å². The molecule has 0 bridgehead atoms. The van der Waals surface area contributed by atoms with Crippen molar-refractivity contribution in [3.8, 4) is 5.75 Å². The van der Waals surface area contributed by atoms with E-state index in [0.717, 1.165) is 12.1 Å². The number of esters is 2. The van der Waals surface area contributed by atoms with Gasteiger partial charge in [0.1, 0.15) is 5.75 Å². The van der Waals surface area contributed by atoms with Gasteiger partial charge >= 0.3 is 18.3 Å². The molecule has 0 fully saturated rings. The molecular formula is C19H20F3NO5. The van der Waals surface area contributed by atoms with Crippen LogP contribution in [0.15, 0.2) is 47.8 Å². The van der Waals surface area contributed by atoms with Gasteiger partial charge in [0.15, 0.2) is 0 Å². The molecule has 6 nitrogen and oxygen atoms in total. The lowest BCUT2D eigenvalue weighted by Crippen LogP contribution is -2.28. The summed E-state index contributed by atoms with van der Waals surface area (Å²) in [6.07, 6.45) is -1.81. The second kappa shape index (κ2) is 8.81. The maximum atomic E-state index is 12.4. The van der Waals surface area contributed by atoms with E-state index in [0.29, 0.717) is 5.56 Å². The van der Waals surface area contributed by atoms with Crippen LogP contribution in [-0.2, 0) is 19.1 Å². The van der Waals surface area contributed by atoms with E-state index in [-0.39, 0.29) is 24.4 Å². The number of carbonyl (C=O) groups excluding carboxylic acids is 2. The van der Waals surface area contributed by atoms with E-state index in [4.69, 9.17) is 9.47 Å². The van der Waals surface area contributed by atoms with Crippen molar-refractivity contribution in [2.75, 3.05) is 20.3 Å². The maximum absolute atomic E-state index is 12.4. The highest BCUT2D eigenvalue weighted by Gasteiger charge is 2.35. The van der Waals surface area contributed by atoms with Gasteiger partial charge in [-0.2, -0.15) is 0 Å². The van der Waals surface area contributed by atoms with Crippen molar-refractivity contribution >= 4 is 11.9 Å². The Balaban J connectivity index is 2.45. The van der Waals surface area contributed by atoms with Crippen molar-refractivity contribution in [1.29, 1.82) is 0 Å². The molecule has 9 heteroatoms. The van der Waals surface area contributed by atoms with Gasteiger partial charge in [0.05, 0.1) is 30.3 Å². The summed E-state index contributed by atoms with van der Waals surface area (Å²) in [5.41, 5.74) is 0.750. The summed E-state index contributed by atoms with van der Waals surface area (Å²) in [6.45, 7) is 3.55. The Bertz CT molecular complexity index is 748. The average molecular weight is 399 g/mol. The number of nitrogens with zero attached hydrogens (tertiary/aromatic N) is 1. The Kier molecular flexibility index (Phi) is 6.71. The van der Waals surface area contributed by atoms with E-state index >= 15 is 0 Å². The molecule has 152 valence electrons. The fourth-order valence-electron chi connectivity index (χ4n) is 2.78. The summed E-state index contributed by atoms with van der Waals surface area (Å²) in [5.74, 6) is -2.53. The maximum Gasteiger partial charge on any atom is 0.573 e. The molecule has 0 amide bonds. The molecular weight excluding hydrogens is 379 g/mol. The largest absolute Gasteiger partial charge is 0.573 e. The molecule has 1 aromatic rings. The molecule has 0 radical (unpaired) electrons. The van der Waals surface area contributed by atoms with Gasteiger partial charge in [0.25, 0.3) is 0 Å². The highest BCUT2D eigenvalue weighted by atomic mass is 19.4. The van der Waals surface area contributed by atoms with E-state index in [1.165, 1.54) is 29.4 Å². The van der Waals surface area contributed by atoms with Crippen molar-refractivity contribution in [2.24, 2.45) is 0 Å². The first kappa shape index (κ1) is 21.3. The standard InChI is InChI=1S/C19H20F3NO5/c1-4-26-17(24)14-10-23(3)11-15(18(25)27-5-2)16(14)12-6-8-13(9-7-12)28-19(20,21)22/h6-11,16H,4-5H2,1-3H3. The van der Waals surface area contributed by atoms with E-state index in [2.05, 4.69) is 4.74 Å². The third kappa shape index (κ3) is 5.28. The van der Waals surface area contributed by atoms with Crippen LogP contribution in [0.4, 0.5) is 13.2 Å². The molecule has 0 atom stereocenters. The first-order valence-electron chi connectivity index (χ1n) is 8.51. The lowest BCUT2D eigenvalue weighted by molar-refractivity contribution is -0.274. The minimum Gasteiger partial charge on any atom is -0.463 e. The van der Waals surface area contributed by atoms with Crippen LogP contribution in [0.3, 0.4) is 0 Å². The predicted molar refractivity (Wildman–Crippen MR) is 93.1 cm³/mol. The fourth-order valence-corrected chi connectivity index (χ4v) is 2.78. The lowest BCUT2D eigenvalue weighted by atomic mass is 9.83. The SMILES string of the molecule is CCOC(=O)C1=CN(C)C=C(C(=O)OCC)C1c1ccc(OC(F)(F)F)cc1. The van der Waals surface area contributed by atoms with E-state index in [9.17, 15) is 22.8 Å². The van der Waals surface area contributed by atoms with Gasteiger partial charge in [0.2, 0.25) is 0 Å². The van der Waals surface area contributed by atoms with Crippen LogP contribution in [-0.4, -0.2) is 43.5 Å². The Hall–Kier alpha value is -2.97. The molecule has 0 N–H and O–H groups in total. The molecule has 1 aromatic carbocycles. The Morgan fingerprint density at radius 1 is 0.964 bits per heavy atom. The molecule has 1 heterocycles. The minimum absolute atomic E-state index is 0.128. The number of hydrogen-bond donors (Lipinski definition) is 0. The fraction of sp³-hybridized carbons (Fsp3) is 0.368. The number of rotatable bonds is 6. The zero-order chi connectivity index (χ0) is 20.9. The Labute approximate surface area is 160 Å². The summed E-state index contributed by atoms with van der Waals surface area (Å²) < 4.78 is 51.1. The zero-order valence-electron chi connectivity index (χ0n) is 15.6. The normalized spacial score (nSPS) is 14.9. The summed E-state index contributed by atoms with van der Waals surface area (Å²) in [5, 5.41) is 0. The molecule has 0 saturated carbocycles. The summed E-state index contributed by atoms with van der Waals surface area (Å²) >= 11 is 0. The number of alkyl halides is 3. The molecule has 0 spiro atoms. The van der Waals surface area contributed by atoms with Crippen LogP contribution >= 0.6 is 0 Å². The number of hydrogen-bond acceptors (Lipinski definition) is 6. The van der Waals surface area contributed by atoms with Crippen LogP contribution in [0.5, 0.6) is 5.75 Å². The van der Waals surface area contributed by atoms with Crippen molar-refractivity contribution in [3.63, 3.8) is 0 Å². The van der Waals surface area contributed by atoms with Crippen LogP contribution in [0, 0.1) is 0 Å². The second-order valence-corrected chi connectivity index (χ2v) is 5.83. The summed E-state index contributed by atoms with van der Waals surface area (Å²) in [7, 11) is 1.63. The third-order valence-corrected chi connectivity index (χ3v) is 3.78. The van der Waals surface area contributed by atoms with E-state index in [1.807, 2.05) is 0 Å². The lowest BCUT2D eigenvalue weighted by Gasteiger charge is -2.28. The predicted octanol–water partition coefficient (Wildman–Crippen LogP) is 3.51. The molecule has 0 aliphatic carbocycles. The van der Waals surface area contributed by atoms with Gasteiger partial charge in [-0.15, -0.1) is 13.2 Å². The van der Waals surface area contributed by atoms with Crippen molar-refractivity contribution < 1.29 is 37.0 Å². The van der Waals surface area contributed by atoms with Crippen molar-refractivity contribution in [2.45, 2.75) is 26.1 Å². The van der Waals surface area contributed by atoms with Gasteiger partial charge in [-0.1, -0.05) is 12.1 Å². The van der Waals surface area contributed by atoms with Crippen LogP contribution in [0.1, 0.15) is 25.3 Å². The summed E-state index contributed by atoms with van der Waals surface area (Å²) in [6, 6.07) is 4.95. The zero-order valence-corrected chi connectivity index (χ0v) is 15.6. The average Bonchev–Trinajstić information content (AvgIpc) is 2.61. The first-order chi connectivity index (χ1) is 13.2. The molecule has 1 aliphatic heterocycles. The van der Waals surface area contributed by atoms with Crippen molar-refractivity contribution in [3.05, 3.63) is 53.4 Å². The quantitative estimate of drug-likeness (QED) is 0.682. The molecule has 0 aromatic heterocycles. The highest BCUT2D eigenvalue weighted by Crippen LogP contribution is 2.37. The Morgan fingerprint density at radius 3 is 1.82 bits per heavy atom. The van der Waals surface area contributed by atoms with E-state index in [1.54, 1.807) is 20.9 Å². The Morgan fingerprint density at radius 2 is 1.43 bits per heavy atom. The number of ether oxygens (including phenoxy) is 3. The number of benzene rings is 1. The van der Waals surface area contributed by atoms with Gasteiger partial charge in [-0.3, -0.25) is 0 Å². The topological polar surface area (TPSA) is 65.1 Å². The third-order valence-electron chi connectivity index (χ3n) is 3.78. The highest BCUT2D eigenvalue weighted by molar-refractivity contribution is 5.98. The van der Waals surface area contributed by atoms with Gasteiger partial charge < -0.3 is 19.1 Å². The van der Waals surface area contributed by atoms with Gasteiger partial charge in [-0.05, 0) is 31.5 Å². The smallest absolute Gasteiger partial charge is 0.463 e. The van der Waals surface area contributed by atoms with Gasteiger partial charge in [0, 0.05) is 19.4 Å². The van der Waals surface area contributed by atoms with Crippen LogP contribution < -0.4 is 4.74 Å². The molecule has 28 heavy (non-hydrogen) atoms. The molecule has 2 rings (SSSR count). The van der Waals surface area contributed by atoms with Crippen LogP contribution in [0.25, 0.3) is 0 Å². The molecule has 1 aliphatic rings. The van der Waals surface area contributed by atoms with Crippen LogP contribution in [0.2, 0.25) is 0 Å². The number of halogens is 3. The minimum atomic E-state index is -4.82. The summed E-state index contributed by atoms with van der Waals surface area (Å²) in [4.78, 5) is 26.4. The molecule has 0 saturated heterocycles. The van der Waals surface area contributed by atoms with Gasteiger partial charge in [-0.25, -0.2) is 9.59 Å². The molecule has 0 unspecified atom stereocenters. The number of carbonyl (C=O) groups is 2. The van der Waals surface area contributed by atoms with Crippen molar-refractivity contribution in [1.82, 2.24) is 4.90 Å². The monoisotopic (exact) mass is 399 g/mol.